The molecule has 6 nitrogen and oxygen atoms in total. The second-order valence-electron chi connectivity index (χ2n) is 5.97. The van der Waals surface area contributed by atoms with Gasteiger partial charge in [0.2, 0.25) is 0 Å². The Balaban J connectivity index is 1.94. The van der Waals surface area contributed by atoms with Crippen LogP contribution in [0, 0.1) is 6.92 Å². The standard InChI is InChI=1S/C17H18ClN3O3/c1-10-5-4-6-12(11-7-8-11)15(10)24-16-13(9-14(18)19-20-16)23-17(22)21(2)3/h4-6,9,11H,7-8H2,1-3H3. The average molecular weight is 348 g/mol. The van der Waals surface area contributed by atoms with Gasteiger partial charge >= 0.3 is 6.09 Å². The molecule has 1 aliphatic carbocycles. The van der Waals surface area contributed by atoms with Crippen molar-refractivity contribution < 1.29 is 14.3 Å². The van der Waals surface area contributed by atoms with Crippen LogP contribution >= 0.6 is 11.6 Å². The van der Waals surface area contributed by atoms with E-state index in [-0.39, 0.29) is 16.8 Å². The number of aromatic nitrogens is 2. The molecule has 1 aromatic carbocycles. The van der Waals surface area contributed by atoms with Gasteiger partial charge in [-0.05, 0) is 36.8 Å². The fourth-order valence-electron chi connectivity index (χ4n) is 2.30. The number of ether oxygens (including phenoxy) is 2. The van der Waals surface area contributed by atoms with Crippen molar-refractivity contribution in [3.05, 3.63) is 40.5 Å². The van der Waals surface area contributed by atoms with Gasteiger partial charge in [-0.1, -0.05) is 29.8 Å². The lowest BCUT2D eigenvalue weighted by molar-refractivity contribution is 0.170. The van der Waals surface area contributed by atoms with Gasteiger partial charge in [0.15, 0.2) is 10.9 Å². The smallest absolute Gasteiger partial charge is 0.414 e. The summed E-state index contributed by atoms with van der Waals surface area (Å²) in [7, 11) is 3.18. The predicted molar refractivity (Wildman–Crippen MR) is 90.0 cm³/mol. The Bertz CT molecular complexity index is 776. The van der Waals surface area contributed by atoms with E-state index in [9.17, 15) is 4.79 Å². The first-order valence-corrected chi connectivity index (χ1v) is 8.03. The molecular formula is C17H18ClN3O3. The van der Waals surface area contributed by atoms with E-state index in [4.69, 9.17) is 21.1 Å². The molecule has 0 unspecified atom stereocenters. The minimum atomic E-state index is -0.545. The summed E-state index contributed by atoms with van der Waals surface area (Å²) in [5.41, 5.74) is 2.12. The lowest BCUT2D eigenvalue weighted by Gasteiger charge is -2.16. The molecular weight excluding hydrogens is 330 g/mol. The number of carbonyl (C=O) groups is 1. The van der Waals surface area contributed by atoms with E-state index in [1.807, 2.05) is 19.1 Å². The van der Waals surface area contributed by atoms with Crippen LogP contribution < -0.4 is 9.47 Å². The lowest BCUT2D eigenvalue weighted by atomic mass is 10.1. The molecule has 0 aliphatic heterocycles. The van der Waals surface area contributed by atoms with Gasteiger partial charge in [-0.3, -0.25) is 0 Å². The normalized spacial score (nSPS) is 13.5. The maximum Gasteiger partial charge on any atom is 0.414 e. The molecule has 0 atom stereocenters. The summed E-state index contributed by atoms with van der Waals surface area (Å²) in [6.45, 7) is 1.97. The van der Waals surface area contributed by atoms with E-state index < -0.39 is 6.09 Å². The van der Waals surface area contributed by atoms with Crippen LogP contribution in [0.15, 0.2) is 24.3 Å². The summed E-state index contributed by atoms with van der Waals surface area (Å²) < 4.78 is 11.3. The number of para-hydroxylation sites is 1. The number of hydrogen-bond donors (Lipinski definition) is 0. The van der Waals surface area contributed by atoms with Gasteiger partial charge in [-0.15, -0.1) is 10.2 Å². The Labute approximate surface area is 145 Å². The lowest BCUT2D eigenvalue weighted by Crippen LogP contribution is -2.25. The van der Waals surface area contributed by atoms with Crippen molar-refractivity contribution in [2.24, 2.45) is 0 Å². The Hall–Kier alpha value is -2.34. The molecule has 1 amide bonds. The monoisotopic (exact) mass is 347 g/mol. The summed E-state index contributed by atoms with van der Waals surface area (Å²) in [5.74, 6) is 1.50. The summed E-state index contributed by atoms with van der Waals surface area (Å²) in [4.78, 5) is 13.1. The average Bonchev–Trinajstić information content (AvgIpc) is 3.36. The highest BCUT2D eigenvalue weighted by molar-refractivity contribution is 6.29. The summed E-state index contributed by atoms with van der Waals surface area (Å²) in [5, 5.41) is 7.86. The first kappa shape index (κ1) is 16.5. The Morgan fingerprint density at radius 1 is 1.29 bits per heavy atom. The number of amides is 1. The third-order valence-corrected chi connectivity index (χ3v) is 3.90. The summed E-state index contributed by atoms with van der Waals surface area (Å²) in [6.07, 6.45) is 1.75. The van der Waals surface area contributed by atoms with E-state index in [2.05, 4.69) is 16.3 Å². The van der Waals surface area contributed by atoms with Gasteiger partial charge in [-0.25, -0.2) is 4.79 Å². The van der Waals surface area contributed by atoms with Gasteiger partial charge in [0.1, 0.15) is 5.75 Å². The summed E-state index contributed by atoms with van der Waals surface area (Å²) in [6, 6.07) is 7.45. The molecule has 0 saturated heterocycles. The van der Waals surface area contributed by atoms with Gasteiger partial charge < -0.3 is 14.4 Å². The number of benzene rings is 1. The third kappa shape index (κ3) is 3.59. The second-order valence-corrected chi connectivity index (χ2v) is 6.36. The zero-order valence-corrected chi connectivity index (χ0v) is 14.5. The van der Waals surface area contributed by atoms with Crippen molar-refractivity contribution in [1.29, 1.82) is 0 Å². The fraction of sp³-hybridized carbons (Fsp3) is 0.353. The van der Waals surface area contributed by atoms with Crippen LogP contribution in [-0.2, 0) is 0 Å². The van der Waals surface area contributed by atoms with E-state index in [0.717, 1.165) is 29.7 Å². The third-order valence-electron chi connectivity index (χ3n) is 3.72. The van der Waals surface area contributed by atoms with Crippen molar-refractivity contribution in [2.45, 2.75) is 25.7 Å². The molecule has 0 bridgehead atoms. The van der Waals surface area contributed by atoms with Crippen molar-refractivity contribution in [3.63, 3.8) is 0 Å². The molecule has 1 aromatic heterocycles. The summed E-state index contributed by atoms with van der Waals surface area (Å²) >= 11 is 5.87. The molecule has 24 heavy (non-hydrogen) atoms. The maximum atomic E-state index is 11.8. The van der Waals surface area contributed by atoms with Crippen molar-refractivity contribution in [1.82, 2.24) is 15.1 Å². The molecule has 1 fully saturated rings. The van der Waals surface area contributed by atoms with Gasteiger partial charge in [0, 0.05) is 20.2 Å². The van der Waals surface area contributed by atoms with Crippen LogP contribution in [0.1, 0.15) is 29.9 Å². The zero-order valence-electron chi connectivity index (χ0n) is 13.7. The van der Waals surface area contributed by atoms with Crippen molar-refractivity contribution in [2.75, 3.05) is 14.1 Å². The van der Waals surface area contributed by atoms with Crippen LogP contribution in [-0.4, -0.2) is 35.3 Å². The molecule has 1 heterocycles. The number of hydrogen-bond acceptors (Lipinski definition) is 5. The van der Waals surface area contributed by atoms with E-state index >= 15 is 0 Å². The van der Waals surface area contributed by atoms with Crippen LogP contribution in [0.25, 0.3) is 0 Å². The Kier molecular flexibility index (Phi) is 4.57. The van der Waals surface area contributed by atoms with E-state index in [1.165, 1.54) is 11.0 Å². The number of halogens is 1. The van der Waals surface area contributed by atoms with Crippen molar-refractivity contribution in [3.8, 4) is 17.4 Å². The number of carbonyl (C=O) groups excluding carboxylic acids is 1. The minimum absolute atomic E-state index is 0.116. The molecule has 1 saturated carbocycles. The van der Waals surface area contributed by atoms with Crippen LogP contribution in [0.2, 0.25) is 5.15 Å². The molecule has 0 radical (unpaired) electrons. The zero-order chi connectivity index (χ0) is 17.3. The van der Waals surface area contributed by atoms with Crippen molar-refractivity contribution >= 4 is 17.7 Å². The largest absolute Gasteiger partial charge is 0.434 e. The SMILES string of the molecule is Cc1cccc(C2CC2)c1Oc1nnc(Cl)cc1OC(=O)N(C)C. The fourth-order valence-corrected chi connectivity index (χ4v) is 2.43. The topological polar surface area (TPSA) is 64.6 Å². The van der Waals surface area contributed by atoms with Gasteiger partial charge in [-0.2, -0.15) is 0 Å². The van der Waals surface area contributed by atoms with E-state index in [1.54, 1.807) is 14.1 Å². The Morgan fingerprint density at radius 3 is 2.71 bits per heavy atom. The maximum absolute atomic E-state index is 11.8. The molecule has 126 valence electrons. The molecule has 0 N–H and O–H groups in total. The minimum Gasteiger partial charge on any atom is -0.434 e. The highest BCUT2D eigenvalue weighted by atomic mass is 35.5. The second kappa shape index (κ2) is 6.65. The molecule has 3 rings (SSSR count). The Morgan fingerprint density at radius 2 is 2.04 bits per heavy atom. The predicted octanol–water partition coefficient (Wildman–Crippen LogP) is 4.17. The van der Waals surface area contributed by atoms with Crippen LogP contribution in [0.4, 0.5) is 4.79 Å². The van der Waals surface area contributed by atoms with Crippen LogP contribution in [0.3, 0.4) is 0 Å². The first-order chi connectivity index (χ1) is 11.5. The van der Waals surface area contributed by atoms with E-state index in [0.29, 0.717) is 5.92 Å². The molecule has 0 spiro atoms. The molecule has 7 heteroatoms. The highest BCUT2D eigenvalue weighted by Gasteiger charge is 2.28. The number of rotatable bonds is 4. The number of aryl methyl sites for hydroxylation is 1. The van der Waals surface area contributed by atoms with Gasteiger partial charge in [0.05, 0.1) is 0 Å². The molecule has 1 aliphatic rings. The van der Waals surface area contributed by atoms with Gasteiger partial charge in [0.25, 0.3) is 5.88 Å². The first-order valence-electron chi connectivity index (χ1n) is 7.65. The highest BCUT2D eigenvalue weighted by Crippen LogP contribution is 2.46. The molecule has 2 aromatic rings. The quantitative estimate of drug-likeness (QED) is 0.830. The number of nitrogens with zero attached hydrogens (tertiary/aromatic N) is 3. The van der Waals surface area contributed by atoms with Crippen LogP contribution in [0.5, 0.6) is 17.4 Å².